The predicted octanol–water partition coefficient (Wildman–Crippen LogP) is 4.06. The molecule has 0 N–H and O–H groups in total. The van der Waals surface area contributed by atoms with Crippen LogP contribution in [0.15, 0.2) is 53.6 Å². The summed E-state index contributed by atoms with van der Waals surface area (Å²) in [5, 5.41) is 7.53. The Hall–Kier alpha value is -2.00. The van der Waals surface area contributed by atoms with Gasteiger partial charge in [0.05, 0.1) is 19.3 Å². The SMILES string of the molecule is CCc1ccc(C=NN2CCN(c3ccc(Cl)cc3)CC2)cc1. The highest BCUT2D eigenvalue weighted by atomic mass is 35.5. The quantitative estimate of drug-likeness (QED) is 0.789. The van der Waals surface area contributed by atoms with Crippen molar-refractivity contribution in [2.75, 3.05) is 31.1 Å². The van der Waals surface area contributed by atoms with Crippen LogP contribution in [0.3, 0.4) is 0 Å². The molecule has 2 aromatic rings. The Bertz CT molecular complexity index is 641. The summed E-state index contributed by atoms with van der Waals surface area (Å²) in [4.78, 5) is 2.37. The van der Waals surface area contributed by atoms with Gasteiger partial charge in [0, 0.05) is 23.8 Å². The van der Waals surface area contributed by atoms with Crippen molar-refractivity contribution in [2.45, 2.75) is 13.3 Å². The number of aryl methyl sites for hydroxylation is 1. The summed E-state index contributed by atoms with van der Waals surface area (Å²) in [6.45, 7) is 6.00. The van der Waals surface area contributed by atoms with Crippen molar-refractivity contribution in [1.29, 1.82) is 0 Å². The summed E-state index contributed by atoms with van der Waals surface area (Å²) in [7, 11) is 0. The molecule has 3 rings (SSSR count). The lowest BCUT2D eigenvalue weighted by Crippen LogP contribution is -2.44. The Morgan fingerprint density at radius 1 is 0.957 bits per heavy atom. The zero-order chi connectivity index (χ0) is 16.1. The van der Waals surface area contributed by atoms with Gasteiger partial charge < -0.3 is 4.90 Å². The summed E-state index contributed by atoms with van der Waals surface area (Å²) in [6, 6.07) is 16.6. The maximum absolute atomic E-state index is 5.95. The lowest BCUT2D eigenvalue weighted by molar-refractivity contribution is 0.272. The van der Waals surface area contributed by atoms with E-state index < -0.39 is 0 Å². The zero-order valence-corrected chi connectivity index (χ0v) is 14.2. The third kappa shape index (κ3) is 4.26. The van der Waals surface area contributed by atoms with Gasteiger partial charge >= 0.3 is 0 Å². The van der Waals surface area contributed by atoms with Crippen molar-refractivity contribution >= 4 is 23.5 Å². The molecule has 1 aliphatic heterocycles. The number of hydrazone groups is 1. The van der Waals surface area contributed by atoms with E-state index in [4.69, 9.17) is 11.6 Å². The molecule has 0 bridgehead atoms. The Balaban J connectivity index is 1.54. The first-order valence-corrected chi connectivity index (χ1v) is 8.51. The van der Waals surface area contributed by atoms with E-state index in [1.54, 1.807) is 0 Å². The number of piperazine rings is 1. The Labute approximate surface area is 143 Å². The van der Waals surface area contributed by atoms with E-state index in [-0.39, 0.29) is 0 Å². The Morgan fingerprint density at radius 3 is 2.22 bits per heavy atom. The molecule has 0 amide bonds. The summed E-state index contributed by atoms with van der Waals surface area (Å²) in [5.74, 6) is 0. The number of hydrogen-bond donors (Lipinski definition) is 0. The molecular formula is C19H22ClN3. The van der Waals surface area contributed by atoms with Crippen LogP contribution in [0.2, 0.25) is 5.02 Å². The minimum Gasteiger partial charge on any atom is -0.368 e. The molecule has 1 saturated heterocycles. The number of benzene rings is 2. The van der Waals surface area contributed by atoms with Gasteiger partial charge in [0.25, 0.3) is 0 Å². The van der Waals surface area contributed by atoms with E-state index in [0.29, 0.717) is 0 Å². The average molecular weight is 328 g/mol. The fourth-order valence-electron chi connectivity index (χ4n) is 2.71. The van der Waals surface area contributed by atoms with Crippen LogP contribution in [0.25, 0.3) is 0 Å². The molecule has 120 valence electrons. The lowest BCUT2D eigenvalue weighted by Gasteiger charge is -2.34. The highest BCUT2D eigenvalue weighted by Gasteiger charge is 2.15. The number of nitrogens with zero attached hydrogens (tertiary/aromatic N) is 3. The van der Waals surface area contributed by atoms with Gasteiger partial charge in [0.15, 0.2) is 0 Å². The lowest BCUT2D eigenvalue weighted by atomic mass is 10.1. The van der Waals surface area contributed by atoms with E-state index in [1.165, 1.54) is 11.3 Å². The van der Waals surface area contributed by atoms with E-state index in [2.05, 4.69) is 58.3 Å². The maximum atomic E-state index is 5.95. The van der Waals surface area contributed by atoms with Crippen molar-refractivity contribution in [3.63, 3.8) is 0 Å². The molecule has 0 atom stereocenters. The molecule has 0 aliphatic carbocycles. The van der Waals surface area contributed by atoms with E-state index in [0.717, 1.165) is 43.2 Å². The first-order valence-electron chi connectivity index (χ1n) is 8.13. The van der Waals surface area contributed by atoms with Crippen molar-refractivity contribution < 1.29 is 0 Å². The molecule has 0 radical (unpaired) electrons. The number of halogens is 1. The van der Waals surface area contributed by atoms with Crippen LogP contribution in [-0.4, -0.2) is 37.4 Å². The molecule has 0 unspecified atom stereocenters. The van der Waals surface area contributed by atoms with Gasteiger partial charge in [-0.2, -0.15) is 5.10 Å². The molecular weight excluding hydrogens is 306 g/mol. The van der Waals surface area contributed by atoms with Gasteiger partial charge in [0.1, 0.15) is 0 Å². The second-order valence-corrected chi connectivity index (χ2v) is 6.19. The third-order valence-corrected chi connectivity index (χ3v) is 4.46. The van der Waals surface area contributed by atoms with Crippen LogP contribution < -0.4 is 4.90 Å². The molecule has 4 heteroatoms. The third-order valence-electron chi connectivity index (χ3n) is 4.21. The molecule has 3 nitrogen and oxygen atoms in total. The van der Waals surface area contributed by atoms with E-state index in [9.17, 15) is 0 Å². The molecule has 1 aliphatic rings. The molecule has 0 aromatic heterocycles. The minimum atomic E-state index is 0.783. The van der Waals surface area contributed by atoms with Gasteiger partial charge in [-0.3, -0.25) is 5.01 Å². The number of anilines is 1. The average Bonchev–Trinajstić information content (AvgIpc) is 2.61. The van der Waals surface area contributed by atoms with Crippen LogP contribution >= 0.6 is 11.6 Å². The Morgan fingerprint density at radius 2 is 1.61 bits per heavy atom. The summed E-state index contributed by atoms with van der Waals surface area (Å²) in [5.41, 5.74) is 3.74. The summed E-state index contributed by atoms with van der Waals surface area (Å²) >= 11 is 5.95. The highest BCUT2D eigenvalue weighted by molar-refractivity contribution is 6.30. The molecule has 1 fully saturated rings. The molecule has 1 heterocycles. The second-order valence-electron chi connectivity index (χ2n) is 5.76. The van der Waals surface area contributed by atoms with Crippen LogP contribution in [0.4, 0.5) is 5.69 Å². The van der Waals surface area contributed by atoms with Crippen LogP contribution in [0.1, 0.15) is 18.1 Å². The first kappa shape index (κ1) is 15.9. The molecule has 2 aromatic carbocycles. The highest BCUT2D eigenvalue weighted by Crippen LogP contribution is 2.19. The second kappa shape index (κ2) is 7.51. The molecule has 23 heavy (non-hydrogen) atoms. The minimum absolute atomic E-state index is 0.783. The van der Waals surface area contributed by atoms with E-state index >= 15 is 0 Å². The van der Waals surface area contributed by atoms with E-state index in [1.807, 2.05) is 18.3 Å². The van der Waals surface area contributed by atoms with Gasteiger partial charge in [-0.15, -0.1) is 0 Å². The largest absolute Gasteiger partial charge is 0.368 e. The Kier molecular flexibility index (Phi) is 5.19. The topological polar surface area (TPSA) is 18.8 Å². The van der Waals surface area contributed by atoms with Gasteiger partial charge in [-0.25, -0.2) is 0 Å². The summed E-state index contributed by atoms with van der Waals surface area (Å²) in [6.07, 6.45) is 3.03. The standard InChI is InChI=1S/C19H22ClN3/c1-2-16-3-5-17(6-4-16)15-21-23-13-11-22(12-14-23)19-9-7-18(20)8-10-19/h3-10,15H,2,11-14H2,1H3. The monoisotopic (exact) mass is 327 g/mol. The fraction of sp³-hybridized carbons (Fsp3) is 0.316. The fourth-order valence-corrected chi connectivity index (χ4v) is 2.84. The number of hydrogen-bond acceptors (Lipinski definition) is 3. The number of rotatable bonds is 4. The maximum Gasteiger partial charge on any atom is 0.0542 e. The predicted molar refractivity (Wildman–Crippen MR) is 98.7 cm³/mol. The van der Waals surface area contributed by atoms with Crippen LogP contribution in [0, 0.1) is 0 Å². The van der Waals surface area contributed by atoms with Gasteiger partial charge in [-0.05, 0) is 41.8 Å². The molecule has 0 spiro atoms. The van der Waals surface area contributed by atoms with Crippen molar-refractivity contribution in [1.82, 2.24) is 5.01 Å². The van der Waals surface area contributed by atoms with Gasteiger partial charge in [0.2, 0.25) is 0 Å². The van der Waals surface area contributed by atoms with Crippen molar-refractivity contribution in [3.8, 4) is 0 Å². The smallest absolute Gasteiger partial charge is 0.0542 e. The van der Waals surface area contributed by atoms with Crippen molar-refractivity contribution in [3.05, 3.63) is 64.7 Å². The molecule has 0 saturated carbocycles. The normalized spacial score (nSPS) is 15.4. The van der Waals surface area contributed by atoms with Crippen molar-refractivity contribution in [2.24, 2.45) is 5.10 Å². The van der Waals surface area contributed by atoms with Gasteiger partial charge in [-0.1, -0.05) is 42.8 Å². The zero-order valence-electron chi connectivity index (χ0n) is 13.5. The van der Waals surface area contributed by atoms with Crippen LogP contribution in [-0.2, 0) is 6.42 Å². The summed E-state index contributed by atoms with van der Waals surface area (Å²) < 4.78 is 0. The van der Waals surface area contributed by atoms with Crippen LogP contribution in [0.5, 0.6) is 0 Å². The first-order chi connectivity index (χ1) is 11.2.